The first kappa shape index (κ1) is 17.7. The Morgan fingerprint density at radius 2 is 2.16 bits per heavy atom. The van der Waals surface area contributed by atoms with Crippen LogP contribution >= 0.6 is 0 Å². The van der Waals surface area contributed by atoms with Gasteiger partial charge in [0.1, 0.15) is 5.82 Å². The minimum Gasteiger partial charge on any atom is -0.341 e. The Bertz CT molecular complexity index is 619. The molecule has 136 valence electrons. The molecule has 0 spiro atoms. The van der Waals surface area contributed by atoms with Crippen LogP contribution in [-0.2, 0) is 4.79 Å². The Labute approximate surface area is 147 Å². The third-order valence-corrected chi connectivity index (χ3v) is 4.82. The maximum absolute atomic E-state index is 13.1. The van der Waals surface area contributed by atoms with Crippen molar-refractivity contribution in [1.29, 1.82) is 0 Å². The predicted octanol–water partition coefficient (Wildman–Crippen LogP) is 1.94. The van der Waals surface area contributed by atoms with Gasteiger partial charge in [0.25, 0.3) is 0 Å². The molecule has 7 heteroatoms. The zero-order valence-electron chi connectivity index (χ0n) is 14.3. The number of halogens is 1. The summed E-state index contributed by atoms with van der Waals surface area (Å²) < 4.78 is 13.1. The fourth-order valence-corrected chi connectivity index (χ4v) is 3.53. The SMILES string of the molecule is O=C(NCC1CCCN(C(=O)C2CCCN2)C1)Nc1cccc(F)c1. The number of piperidine rings is 1. The first-order valence-electron chi connectivity index (χ1n) is 8.94. The van der Waals surface area contributed by atoms with Gasteiger partial charge in [0.15, 0.2) is 0 Å². The van der Waals surface area contributed by atoms with E-state index in [9.17, 15) is 14.0 Å². The highest BCUT2D eigenvalue weighted by molar-refractivity contribution is 5.89. The first-order valence-corrected chi connectivity index (χ1v) is 8.94. The lowest BCUT2D eigenvalue weighted by Crippen LogP contribution is -2.49. The van der Waals surface area contributed by atoms with Gasteiger partial charge in [0.05, 0.1) is 6.04 Å². The number of likely N-dealkylation sites (tertiary alicyclic amines) is 1. The second-order valence-corrected chi connectivity index (χ2v) is 6.79. The molecule has 3 N–H and O–H groups in total. The third kappa shape index (κ3) is 4.92. The van der Waals surface area contributed by atoms with E-state index in [0.717, 1.165) is 38.8 Å². The molecular weight excluding hydrogens is 323 g/mol. The largest absolute Gasteiger partial charge is 0.341 e. The molecule has 2 atom stereocenters. The van der Waals surface area contributed by atoms with E-state index in [2.05, 4.69) is 16.0 Å². The van der Waals surface area contributed by atoms with E-state index < -0.39 is 0 Å². The topological polar surface area (TPSA) is 73.5 Å². The second-order valence-electron chi connectivity index (χ2n) is 6.79. The van der Waals surface area contributed by atoms with Gasteiger partial charge in [-0.15, -0.1) is 0 Å². The van der Waals surface area contributed by atoms with Gasteiger partial charge in [-0.3, -0.25) is 4.79 Å². The summed E-state index contributed by atoms with van der Waals surface area (Å²) in [4.78, 5) is 26.4. The van der Waals surface area contributed by atoms with E-state index in [-0.39, 0.29) is 29.7 Å². The maximum atomic E-state index is 13.1. The summed E-state index contributed by atoms with van der Waals surface area (Å²) in [6.07, 6.45) is 3.90. The molecule has 2 saturated heterocycles. The summed E-state index contributed by atoms with van der Waals surface area (Å²) in [5.74, 6) is 0.0449. The molecule has 3 rings (SSSR count). The van der Waals surface area contributed by atoms with E-state index in [1.165, 1.54) is 12.1 Å². The molecule has 1 aromatic carbocycles. The smallest absolute Gasteiger partial charge is 0.319 e. The van der Waals surface area contributed by atoms with Gasteiger partial charge >= 0.3 is 6.03 Å². The molecule has 2 unspecified atom stereocenters. The fraction of sp³-hybridized carbons (Fsp3) is 0.556. The Morgan fingerprint density at radius 3 is 2.92 bits per heavy atom. The van der Waals surface area contributed by atoms with Crippen LogP contribution in [0.25, 0.3) is 0 Å². The van der Waals surface area contributed by atoms with Crippen LogP contribution < -0.4 is 16.0 Å². The Hall–Kier alpha value is -2.15. The highest BCUT2D eigenvalue weighted by atomic mass is 19.1. The number of carbonyl (C=O) groups excluding carboxylic acids is 2. The summed E-state index contributed by atoms with van der Waals surface area (Å²) in [5, 5.41) is 8.69. The summed E-state index contributed by atoms with van der Waals surface area (Å²) in [7, 11) is 0. The van der Waals surface area contributed by atoms with Gasteiger partial charge in [0.2, 0.25) is 5.91 Å². The van der Waals surface area contributed by atoms with Crippen LogP contribution in [0.15, 0.2) is 24.3 Å². The van der Waals surface area contributed by atoms with Crippen molar-refractivity contribution >= 4 is 17.6 Å². The molecule has 0 aliphatic carbocycles. The lowest BCUT2D eigenvalue weighted by Gasteiger charge is -2.34. The number of rotatable bonds is 4. The average Bonchev–Trinajstić information content (AvgIpc) is 3.14. The number of nitrogens with one attached hydrogen (secondary N) is 3. The number of amides is 3. The van der Waals surface area contributed by atoms with Crippen LogP contribution in [0.5, 0.6) is 0 Å². The Balaban J connectivity index is 1.44. The van der Waals surface area contributed by atoms with Crippen molar-refractivity contribution in [3.05, 3.63) is 30.1 Å². The summed E-state index contributed by atoms with van der Waals surface area (Å²) in [5.41, 5.74) is 0.422. The molecule has 2 heterocycles. The second kappa shape index (κ2) is 8.29. The number of carbonyl (C=O) groups is 2. The number of benzene rings is 1. The van der Waals surface area contributed by atoms with Crippen LogP contribution in [0.2, 0.25) is 0 Å². The molecule has 0 bridgehead atoms. The van der Waals surface area contributed by atoms with Crippen molar-refractivity contribution in [3.63, 3.8) is 0 Å². The van der Waals surface area contributed by atoms with Crippen LogP contribution in [0.4, 0.5) is 14.9 Å². The normalized spacial score (nSPS) is 23.3. The van der Waals surface area contributed by atoms with Gasteiger partial charge in [-0.2, -0.15) is 0 Å². The lowest BCUT2D eigenvalue weighted by molar-refractivity contribution is -0.134. The Morgan fingerprint density at radius 1 is 1.28 bits per heavy atom. The predicted molar refractivity (Wildman–Crippen MR) is 93.8 cm³/mol. The van der Waals surface area contributed by atoms with Crippen molar-refractivity contribution in [1.82, 2.24) is 15.5 Å². The number of hydrogen-bond acceptors (Lipinski definition) is 3. The maximum Gasteiger partial charge on any atom is 0.319 e. The lowest BCUT2D eigenvalue weighted by atomic mass is 9.97. The number of anilines is 1. The highest BCUT2D eigenvalue weighted by Gasteiger charge is 2.30. The van der Waals surface area contributed by atoms with E-state index in [1.807, 2.05) is 4.90 Å². The van der Waals surface area contributed by atoms with Crippen molar-refractivity contribution < 1.29 is 14.0 Å². The fourth-order valence-electron chi connectivity index (χ4n) is 3.53. The number of nitrogens with zero attached hydrogens (tertiary/aromatic N) is 1. The standard InChI is InChI=1S/C18H25FN4O2/c19-14-5-1-6-15(10-14)22-18(25)21-11-13-4-3-9-23(12-13)17(24)16-7-2-8-20-16/h1,5-6,10,13,16,20H,2-4,7-9,11-12H2,(H2,21,22,25). The molecule has 2 aliphatic heterocycles. The van der Waals surface area contributed by atoms with Crippen molar-refractivity contribution in [2.24, 2.45) is 5.92 Å². The van der Waals surface area contributed by atoms with Gasteiger partial charge in [0, 0.05) is 25.3 Å². The third-order valence-electron chi connectivity index (χ3n) is 4.82. The van der Waals surface area contributed by atoms with Crippen LogP contribution in [-0.4, -0.2) is 49.1 Å². The molecular formula is C18H25FN4O2. The van der Waals surface area contributed by atoms with E-state index in [1.54, 1.807) is 12.1 Å². The van der Waals surface area contributed by atoms with Crippen LogP contribution in [0, 0.1) is 11.7 Å². The van der Waals surface area contributed by atoms with Crippen molar-refractivity contribution in [2.45, 2.75) is 31.7 Å². The van der Waals surface area contributed by atoms with Gasteiger partial charge < -0.3 is 20.9 Å². The molecule has 0 saturated carbocycles. The quantitative estimate of drug-likeness (QED) is 0.779. The summed E-state index contributed by atoms with van der Waals surface area (Å²) >= 11 is 0. The summed E-state index contributed by atoms with van der Waals surface area (Å²) in [6, 6.07) is 5.39. The zero-order valence-corrected chi connectivity index (χ0v) is 14.3. The van der Waals surface area contributed by atoms with Gasteiger partial charge in [-0.05, 0) is 56.3 Å². The van der Waals surface area contributed by atoms with Crippen molar-refractivity contribution in [2.75, 3.05) is 31.5 Å². The molecule has 25 heavy (non-hydrogen) atoms. The zero-order chi connectivity index (χ0) is 17.6. The van der Waals surface area contributed by atoms with Crippen LogP contribution in [0.1, 0.15) is 25.7 Å². The monoisotopic (exact) mass is 348 g/mol. The number of urea groups is 1. The Kier molecular flexibility index (Phi) is 5.86. The molecule has 1 aromatic rings. The highest BCUT2D eigenvalue weighted by Crippen LogP contribution is 2.18. The molecule has 0 radical (unpaired) electrons. The first-order chi connectivity index (χ1) is 12.1. The molecule has 2 fully saturated rings. The van der Waals surface area contributed by atoms with Crippen LogP contribution in [0.3, 0.4) is 0 Å². The molecule has 0 aromatic heterocycles. The summed E-state index contributed by atoms with van der Waals surface area (Å²) in [6.45, 7) is 2.89. The van der Waals surface area contributed by atoms with Gasteiger partial charge in [-0.1, -0.05) is 6.07 Å². The van der Waals surface area contributed by atoms with Crippen molar-refractivity contribution in [3.8, 4) is 0 Å². The average molecular weight is 348 g/mol. The molecule has 3 amide bonds. The van der Waals surface area contributed by atoms with E-state index >= 15 is 0 Å². The minimum atomic E-state index is -0.389. The molecule has 6 nitrogen and oxygen atoms in total. The van der Waals surface area contributed by atoms with E-state index in [0.29, 0.717) is 18.8 Å². The van der Waals surface area contributed by atoms with E-state index in [4.69, 9.17) is 0 Å². The van der Waals surface area contributed by atoms with Gasteiger partial charge in [-0.25, -0.2) is 9.18 Å². The number of hydrogen-bond donors (Lipinski definition) is 3. The molecule has 2 aliphatic rings. The minimum absolute atomic E-state index is 0.0389.